The van der Waals surface area contributed by atoms with E-state index in [-0.39, 0.29) is 34.7 Å². The number of carbonyl (C=O) groups is 2. The molecule has 2 aromatic carbocycles. The molecule has 0 fully saturated rings. The van der Waals surface area contributed by atoms with E-state index < -0.39 is 10.8 Å². The number of ether oxygens (including phenoxy) is 2. The summed E-state index contributed by atoms with van der Waals surface area (Å²) in [5.41, 5.74) is 4.30. The van der Waals surface area contributed by atoms with Gasteiger partial charge in [0.2, 0.25) is 0 Å². The van der Waals surface area contributed by atoms with Crippen molar-refractivity contribution in [3.8, 4) is 11.5 Å². The topological polar surface area (TPSA) is 108 Å². The number of ketones is 2. The largest absolute Gasteiger partial charge is 0.493 e. The number of nitro groups is 1. The van der Waals surface area contributed by atoms with Crippen LogP contribution in [0.25, 0.3) is 0 Å². The number of halogens is 1. The number of benzene rings is 2. The fourth-order valence-electron chi connectivity index (χ4n) is 6.18. The summed E-state index contributed by atoms with van der Waals surface area (Å²) in [6.07, 6.45) is 2.30. The first-order valence-corrected chi connectivity index (χ1v) is 14.4. The van der Waals surface area contributed by atoms with Gasteiger partial charge >= 0.3 is 0 Å². The molecule has 0 spiro atoms. The Labute approximate surface area is 247 Å². The highest BCUT2D eigenvalue weighted by molar-refractivity contribution is 14.1. The van der Waals surface area contributed by atoms with E-state index in [1.807, 2.05) is 12.1 Å². The molecule has 0 saturated carbocycles. The number of carbonyl (C=O) groups excluding carboxylic acids is 2. The zero-order valence-electron chi connectivity index (χ0n) is 23.4. The minimum atomic E-state index is -0.480. The lowest BCUT2D eigenvalue weighted by Gasteiger charge is -2.44. The van der Waals surface area contributed by atoms with Crippen molar-refractivity contribution in [2.24, 2.45) is 10.8 Å². The lowest BCUT2D eigenvalue weighted by atomic mass is 9.64. The summed E-state index contributed by atoms with van der Waals surface area (Å²) in [4.78, 5) is 38.0. The molecule has 3 aliphatic rings. The predicted octanol–water partition coefficient (Wildman–Crippen LogP) is 6.76. The van der Waals surface area contributed by atoms with Crippen LogP contribution in [-0.4, -0.2) is 23.6 Å². The maximum atomic E-state index is 13.6. The van der Waals surface area contributed by atoms with Crippen molar-refractivity contribution in [1.82, 2.24) is 5.32 Å². The fourth-order valence-corrected chi connectivity index (χ4v) is 6.97. The molecule has 210 valence electrons. The Hall–Kier alpha value is -3.21. The van der Waals surface area contributed by atoms with Gasteiger partial charge in [0.25, 0.3) is 5.69 Å². The third kappa shape index (κ3) is 5.40. The monoisotopic (exact) mass is 656 g/mol. The van der Waals surface area contributed by atoms with E-state index in [1.165, 1.54) is 12.1 Å². The van der Waals surface area contributed by atoms with E-state index >= 15 is 0 Å². The molecule has 0 atom stereocenters. The molecule has 1 heterocycles. The van der Waals surface area contributed by atoms with Crippen molar-refractivity contribution in [3.05, 3.63) is 83.7 Å². The third-order valence-electron chi connectivity index (χ3n) is 7.81. The van der Waals surface area contributed by atoms with E-state index in [0.717, 1.165) is 33.4 Å². The summed E-state index contributed by atoms with van der Waals surface area (Å²) in [5.74, 6) is 0.623. The van der Waals surface area contributed by atoms with Gasteiger partial charge in [0.05, 0.1) is 15.6 Å². The van der Waals surface area contributed by atoms with E-state index in [9.17, 15) is 19.7 Å². The Kier molecular flexibility index (Phi) is 7.31. The van der Waals surface area contributed by atoms with Crippen LogP contribution in [0.5, 0.6) is 11.5 Å². The number of nitrogens with zero attached hydrogens (tertiary/aromatic N) is 1. The number of hydrogen-bond acceptors (Lipinski definition) is 7. The first-order chi connectivity index (χ1) is 18.8. The van der Waals surface area contributed by atoms with Gasteiger partial charge in [0, 0.05) is 53.4 Å². The van der Waals surface area contributed by atoms with E-state index in [2.05, 4.69) is 55.6 Å². The van der Waals surface area contributed by atoms with Gasteiger partial charge in [-0.1, -0.05) is 39.8 Å². The zero-order chi connectivity index (χ0) is 29.0. The second-order valence-corrected chi connectivity index (χ2v) is 13.6. The molecular formula is C31H33IN2O6. The van der Waals surface area contributed by atoms with Gasteiger partial charge in [0.15, 0.2) is 23.1 Å². The summed E-state index contributed by atoms with van der Waals surface area (Å²) in [5, 5.41) is 14.7. The van der Waals surface area contributed by atoms with Crippen molar-refractivity contribution in [3.63, 3.8) is 0 Å². The first kappa shape index (κ1) is 28.3. The van der Waals surface area contributed by atoms with Crippen molar-refractivity contribution >= 4 is 39.8 Å². The number of Topliss-reactive ketones (excluding diaryl/α,β-unsaturated/α-hetero) is 2. The van der Waals surface area contributed by atoms with Gasteiger partial charge in [-0.15, -0.1) is 0 Å². The van der Waals surface area contributed by atoms with Gasteiger partial charge in [-0.05, 0) is 69.5 Å². The van der Waals surface area contributed by atoms with Gasteiger partial charge in [-0.25, -0.2) is 0 Å². The Bertz CT molecular complexity index is 1450. The maximum Gasteiger partial charge on any atom is 0.269 e. The van der Waals surface area contributed by atoms with Gasteiger partial charge in [0.1, 0.15) is 6.61 Å². The van der Waals surface area contributed by atoms with Crippen molar-refractivity contribution in [2.75, 3.05) is 7.11 Å². The summed E-state index contributed by atoms with van der Waals surface area (Å²) >= 11 is 2.18. The molecule has 0 bridgehead atoms. The van der Waals surface area contributed by atoms with Crippen molar-refractivity contribution in [2.45, 2.75) is 65.9 Å². The van der Waals surface area contributed by atoms with E-state index in [4.69, 9.17) is 9.47 Å². The van der Waals surface area contributed by atoms with Gasteiger partial charge < -0.3 is 14.8 Å². The highest BCUT2D eigenvalue weighted by Crippen LogP contribution is 2.52. The standard InChI is InChI=1S/C31H33IN2O6/c1-30(2)12-21-27(23(35)14-30)26(28-22(33-21)13-31(3,4)15-24(28)36)18-10-20(32)29(25(11-18)39-5)40-16-17-7-6-8-19(9-17)34(37)38/h6-11,26,33H,12-16H2,1-5H3. The molecule has 2 aromatic rings. The van der Waals surface area contributed by atoms with Crippen molar-refractivity contribution < 1.29 is 24.0 Å². The minimum absolute atomic E-state index is 0.00201. The second-order valence-electron chi connectivity index (χ2n) is 12.5. The summed E-state index contributed by atoms with van der Waals surface area (Å²) < 4.78 is 12.6. The normalized spacial score (nSPS) is 20.1. The molecule has 0 radical (unpaired) electrons. The number of methoxy groups -OCH3 is 1. The molecule has 0 aromatic heterocycles. The lowest BCUT2D eigenvalue weighted by Crippen LogP contribution is -2.42. The van der Waals surface area contributed by atoms with Crippen LogP contribution in [0.4, 0.5) is 5.69 Å². The maximum absolute atomic E-state index is 13.6. The quantitative estimate of drug-likeness (QED) is 0.208. The zero-order valence-corrected chi connectivity index (χ0v) is 25.5. The lowest BCUT2D eigenvalue weighted by molar-refractivity contribution is -0.384. The van der Waals surface area contributed by atoms with Crippen LogP contribution in [-0.2, 0) is 16.2 Å². The molecule has 0 unspecified atom stereocenters. The molecule has 1 N–H and O–H groups in total. The Morgan fingerprint density at radius 2 is 1.57 bits per heavy atom. The number of hydrogen-bond donors (Lipinski definition) is 1. The van der Waals surface area contributed by atoms with Crippen LogP contribution in [0.15, 0.2) is 58.9 Å². The minimum Gasteiger partial charge on any atom is -0.493 e. The highest BCUT2D eigenvalue weighted by Gasteiger charge is 2.46. The van der Waals surface area contributed by atoms with Crippen LogP contribution in [0, 0.1) is 24.5 Å². The molecule has 0 saturated heterocycles. The summed E-state index contributed by atoms with van der Waals surface area (Å²) in [6, 6.07) is 10.1. The van der Waals surface area contributed by atoms with Gasteiger partial charge in [-0.3, -0.25) is 19.7 Å². The first-order valence-electron chi connectivity index (χ1n) is 13.3. The predicted molar refractivity (Wildman–Crippen MR) is 159 cm³/mol. The average Bonchev–Trinajstić information content (AvgIpc) is 2.85. The summed E-state index contributed by atoms with van der Waals surface area (Å²) in [6.45, 7) is 8.52. The molecule has 40 heavy (non-hydrogen) atoms. The number of nitro benzene ring substituents is 1. The molecule has 1 aliphatic heterocycles. The summed E-state index contributed by atoms with van der Waals surface area (Å²) in [7, 11) is 1.55. The third-order valence-corrected chi connectivity index (χ3v) is 8.61. The van der Waals surface area contributed by atoms with Crippen LogP contribution < -0.4 is 14.8 Å². The number of rotatable bonds is 6. The second kappa shape index (κ2) is 10.3. The Morgan fingerprint density at radius 3 is 2.12 bits per heavy atom. The fraction of sp³-hybridized carbons (Fsp3) is 0.419. The Balaban J connectivity index is 1.57. The highest BCUT2D eigenvalue weighted by atomic mass is 127. The van der Waals surface area contributed by atoms with E-state index in [1.54, 1.807) is 19.2 Å². The number of allylic oxidation sites excluding steroid dienone is 4. The smallest absolute Gasteiger partial charge is 0.269 e. The SMILES string of the molecule is COc1cc(C2C3=C(CC(C)(C)CC3=O)NC3=C2C(=O)CC(C)(C)C3)cc(I)c1OCc1cccc([N+](=O)[O-])c1. The number of non-ortho nitro benzene ring substituents is 1. The Morgan fingerprint density at radius 1 is 0.975 bits per heavy atom. The molecule has 2 aliphatic carbocycles. The van der Waals surface area contributed by atoms with Crippen molar-refractivity contribution in [1.29, 1.82) is 0 Å². The van der Waals surface area contributed by atoms with Gasteiger partial charge in [-0.2, -0.15) is 0 Å². The molecule has 9 heteroatoms. The van der Waals surface area contributed by atoms with Crippen LogP contribution in [0.2, 0.25) is 0 Å². The van der Waals surface area contributed by atoms with Crippen LogP contribution in [0.1, 0.15) is 70.4 Å². The molecule has 0 amide bonds. The molecular weight excluding hydrogens is 623 g/mol. The van der Waals surface area contributed by atoms with E-state index in [0.29, 0.717) is 41.1 Å². The number of nitrogens with one attached hydrogen (secondary N) is 1. The van der Waals surface area contributed by atoms with Crippen LogP contribution >= 0.6 is 22.6 Å². The number of dihydropyridines is 1. The van der Waals surface area contributed by atoms with Crippen LogP contribution in [0.3, 0.4) is 0 Å². The average molecular weight is 657 g/mol. The molecule has 8 nitrogen and oxygen atoms in total. The molecule has 5 rings (SSSR count).